The first-order valence-electron chi connectivity index (χ1n) is 8.97. The van der Waals surface area contributed by atoms with Crippen molar-refractivity contribution < 1.29 is 35.8 Å². The van der Waals surface area contributed by atoms with Crippen LogP contribution in [0.4, 0.5) is 13.2 Å². The molecule has 29 heavy (non-hydrogen) atoms. The molecular formula is C19H18F3NO5S. The summed E-state index contributed by atoms with van der Waals surface area (Å²) in [4.78, 5) is -0.152. The van der Waals surface area contributed by atoms with Gasteiger partial charge in [0.2, 0.25) is 16.8 Å². The molecule has 0 spiro atoms. The second-order valence-corrected chi connectivity index (χ2v) is 8.70. The lowest BCUT2D eigenvalue weighted by Crippen LogP contribution is -2.41. The van der Waals surface area contributed by atoms with Crippen LogP contribution in [0, 0.1) is 0 Å². The third-order valence-corrected chi connectivity index (χ3v) is 6.78. The van der Waals surface area contributed by atoms with Crippen molar-refractivity contribution in [2.24, 2.45) is 0 Å². The number of ether oxygens (including phenoxy) is 3. The van der Waals surface area contributed by atoms with Crippen LogP contribution >= 0.6 is 0 Å². The average molecular weight is 429 g/mol. The zero-order chi connectivity index (χ0) is 20.6. The molecule has 2 aliphatic heterocycles. The van der Waals surface area contributed by atoms with Gasteiger partial charge in [-0.1, -0.05) is 0 Å². The van der Waals surface area contributed by atoms with Crippen molar-refractivity contribution in [2.75, 3.05) is 19.9 Å². The van der Waals surface area contributed by atoms with Gasteiger partial charge in [-0.2, -0.15) is 17.5 Å². The minimum Gasteiger partial charge on any atom is -0.490 e. The third kappa shape index (κ3) is 4.13. The first-order valence-corrected chi connectivity index (χ1v) is 10.4. The molecule has 10 heteroatoms. The van der Waals surface area contributed by atoms with Crippen LogP contribution in [0.2, 0.25) is 0 Å². The standard InChI is InChI=1S/C19H18F3NO5S/c20-19(21,22)13-1-4-16(5-2-13)29(24,25)23-9-7-14(8-10-23)28-15-3-6-17-18(11-15)27-12-26-17/h1-6,11,14H,7-10,12H2. The SMILES string of the molecule is O=S(=O)(c1ccc(C(F)(F)F)cc1)N1CCC(Oc2ccc3c(c2)OCO3)CC1. The van der Waals surface area contributed by atoms with Crippen LogP contribution in [-0.2, 0) is 16.2 Å². The average Bonchev–Trinajstić information content (AvgIpc) is 3.16. The van der Waals surface area contributed by atoms with Crippen molar-refractivity contribution in [3.05, 3.63) is 48.0 Å². The van der Waals surface area contributed by atoms with Crippen LogP contribution in [0.25, 0.3) is 0 Å². The maximum absolute atomic E-state index is 12.7. The largest absolute Gasteiger partial charge is 0.490 e. The van der Waals surface area contributed by atoms with Gasteiger partial charge in [0, 0.05) is 19.2 Å². The minimum atomic E-state index is -4.51. The van der Waals surface area contributed by atoms with E-state index in [-0.39, 0.29) is 30.9 Å². The van der Waals surface area contributed by atoms with Gasteiger partial charge in [0.1, 0.15) is 11.9 Å². The number of alkyl halides is 3. The van der Waals surface area contributed by atoms with Gasteiger partial charge >= 0.3 is 6.18 Å². The Morgan fingerprint density at radius 1 is 0.966 bits per heavy atom. The van der Waals surface area contributed by atoms with Crippen molar-refractivity contribution in [1.82, 2.24) is 4.31 Å². The topological polar surface area (TPSA) is 65.1 Å². The molecular weight excluding hydrogens is 411 g/mol. The lowest BCUT2D eigenvalue weighted by atomic mass is 10.1. The van der Waals surface area contributed by atoms with Crippen molar-refractivity contribution in [3.63, 3.8) is 0 Å². The Kier molecular flexibility index (Phi) is 5.07. The van der Waals surface area contributed by atoms with Gasteiger partial charge in [-0.15, -0.1) is 0 Å². The zero-order valence-electron chi connectivity index (χ0n) is 15.2. The summed E-state index contributed by atoms with van der Waals surface area (Å²) in [6.45, 7) is 0.607. The normalized spacial score (nSPS) is 18.0. The van der Waals surface area contributed by atoms with E-state index in [0.717, 1.165) is 24.3 Å². The van der Waals surface area contributed by atoms with E-state index in [2.05, 4.69) is 0 Å². The summed E-state index contributed by atoms with van der Waals surface area (Å²) >= 11 is 0. The molecule has 0 bridgehead atoms. The summed E-state index contributed by atoms with van der Waals surface area (Å²) in [7, 11) is -3.85. The number of rotatable bonds is 4. The smallest absolute Gasteiger partial charge is 0.416 e. The molecule has 0 amide bonds. The van der Waals surface area contributed by atoms with Gasteiger partial charge < -0.3 is 14.2 Å². The number of nitrogens with zero attached hydrogens (tertiary/aromatic N) is 1. The Bertz CT molecular complexity index is 984. The highest BCUT2D eigenvalue weighted by molar-refractivity contribution is 7.89. The molecule has 6 nitrogen and oxygen atoms in total. The van der Waals surface area contributed by atoms with E-state index in [1.807, 2.05) is 0 Å². The van der Waals surface area contributed by atoms with E-state index in [9.17, 15) is 21.6 Å². The summed E-state index contributed by atoms with van der Waals surface area (Å²) in [5.74, 6) is 1.86. The minimum absolute atomic E-state index is 0.152. The third-order valence-electron chi connectivity index (χ3n) is 4.87. The van der Waals surface area contributed by atoms with E-state index in [4.69, 9.17) is 14.2 Å². The molecule has 0 atom stereocenters. The first-order chi connectivity index (χ1) is 13.7. The lowest BCUT2D eigenvalue weighted by Gasteiger charge is -2.31. The molecule has 156 valence electrons. The quantitative estimate of drug-likeness (QED) is 0.742. The molecule has 0 radical (unpaired) electrons. The molecule has 0 N–H and O–H groups in total. The lowest BCUT2D eigenvalue weighted by molar-refractivity contribution is -0.137. The van der Waals surface area contributed by atoms with Gasteiger partial charge in [-0.3, -0.25) is 0 Å². The summed E-state index contributed by atoms with van der Waals surface area (Å²) < 4.78 is 81.2. The van der Waals surface area contributed by atoms with Crippen molar-refractivity contribution in [3.8, 4) is 17.2 Å². The number of hydrogen-bond donors (Lipinski definition) is 0. The second-order valence-electron chi connectivity index (χ2n) is 6.76. The molecule has 2 heterocycles. The van der Waals surface area contributed by atoms with Crippen LogP contribution in [-0.4, -0.2) is 38.7 Å². The van der Waals surface area contributed by atoms with E-state index in [1.165, 1.54) is 4.31 Å². The van der Waals surface area contributed by atoms with Gasteiger partial charge in [0.25, 0.3) is 0 Å². The summed E-state index contributed by atoms with van der Waals surface area (Å²) in [5, 5.41) is 0. The Labute approximate surface area is 165 Å². The highest BCUT2D eigenvalue weighted by Crippen LogP contribution is 2.36. The Morgan fingerprint density at radius 2 is 1.62 bits per heavy atom. The number of benzene rings is 2. The summed E-state index contributed by atoms with van der Waals surface area (Å²) in [5.41, 5.74) is -0.882. The molecule has 2 aromatic rings. The number of hydrogen-bond acceptors (Lipinski definition) is 5. The molecule has 2 aliphatic rings. The fourth-order valence-corrected chi connectivity index (χ4v) is 4.77. The Balaban J connectivity index is 1.38. The van der Waals surface area contributed by atoms with Crippen LogP contribution < -0.4 is 14.2 Å². The van der Waals surface area contributed by atoms with Gasteiger partial charge in [0.15, 0.2) is 11.5 Å². The monoisotopic (exact) mass is 429 g/mol. The molecule has 1 saturated heterocycles. The predicted octanol–water partition coefficient (Wildman–Crippen LogP) is 3.67. The predicted molar refractivity (Wildman–Crippen MR) is 96.4 cm³/mol. The fourth-order valence-electron chi connectivity index (χ4n) is 3.30. The van der Waals surface area contributed by atoms with Crippen LogP contribution in [0.3, 0.4) is 0 Å². The van der Waals surface area contributed by atoms with E-state index >= 15 is 0 Å². The van der Waals surface area contributed by atoms with Crippen LogP contribution in [0.5, 0.6) is 17.2 Å². The maximum atomic E-state index is 12.7. The van der Waals surface area contributed by atoms with Crippen molar-refractivity contribution >= 4 is 10.0 Å². The summed E-state index contributed by atoms with van der Waals surface area (Å²) in [6.07, 6.45) is -3.75. The maximum Gasteiger partial charge on any atom is 0.416 e. The fraction of sp³-hybridized carbons (Fsp3) is 0.368. The second kappa shape index (κ2) is 7.42. The molecule has 0 aromatic heterocycles. The number of halogens is 3. The van der Waals surface area contributed by atoms with Crippen LogP contribution in [0.15, 0.2) is 47.4 Å². The number of fused-ring (bicyclic) bond motifs is 1. The van der Waals surface area contributed by atoms with Crippen molar-refractivity contribution in [2.45, 2.75) is 30.0 Å². The number of piperidine rings is 1. The van der Waals surface area contributed by atoms with Crippen molar-refractivity contribution in [1.29, 1.82) is 0 Å². The number of sulfonamides is 1. The first kappa shape index (κ1) is 19.8. The Hall–Kier alpha value is -2.46. The molecule has 0 saturated carbocycles. The highest BCUT2D eigenvalue weighted by Gasteiger charge is 2.33. The van der Waals surface area contributed by atoms with Gasteiger partial charge in [-0.05, 0) is 49.2 Å². The van der Waals surface area contributed by atoms with Gasteiger partial charge in [-0.25, -0.2) is 8.42 Å². The van der Waals surface area contributed by atoms with Gasteiger partial charge in [0.05, 0.1) is 10.5 Å². The van der Waals surface area contributed by atoms with E-state index < -0.39 is 21.8 Å². The van der Waals surface area contributed by atoms with E-state index in [0.29, 0.717) is 30.1 Å². The summed E-state index contributed by atoms with van der Waals surface area (Å²) in [6, 6.07) is 8.79. The molecule has 0 aliphatic carbocycles. The molecule has 0 unspecified atom stereocenters. The molecule has 2 aromatic carbocycles. The molecule has 4 rings (SSSR count). The molecule has 1 fully saturated rings. The zero-order valence-corrected chi connectivity index (χ0v) is 16.0. The highest BCUT2D eigenvalue weighted by atomic mass is 32.2. The van der Waals surface area contributed by atoms with E-state index in [1.54, 1.807) is 18.2 Å². The van der Waals surface area contributed by atoms with Crippen LogP contribution in [0.1, 0.15) is 18.4 Å². The Morgan fingerprint density at radius 3 is 2.28 bits per heavy atom.